The lowest BCUT2D eigenvalue weighted by molar-refractivity contribution is -0.132. The summed E-state index contributed by atoms with van der Waals surface area (Å²) in [6.07, 6.45) is 4.06. The second kappa shape index (κ2) is 8.99. The highest BCUT2D eigenvalue weighted by atomic mass is 32.1. The number of hydrogen-bond acceptors (Lipinski definition) is 4. The van der Waals surface area contributed by atoms with Crippen molar-refractivity contribution in [2.75, 3.05) is 20.2 Å². The van der Waals surface area contributed by atoms with E-state index in [1.165, 1.54) is 4.88 Å². The molecule has 0 saturated carbocycles. The first-order valence-electron chi connectivity index (χ1n) is 9.16. The minimum absolute atomic E-state index is 0.0820. The van der Waals surface area contributed by atoms with Crippen LogP contribution in [-0.2, 0) is 11.2 Å². The molecular formula is C21H25NO3S. The van der Waals surface area contributed by atoms with Gasteiger partial charge in [0.1, 0.15) is 5.75 Å². The SMILES string of the molecule is COc1ccccc1C(=O)C1CCCN(C(=O)CCCc2cccs2)C1. The molecule has 2 aromatic rings. The molecule has 0 radical (unpaired) electrons. The first kappa shape index (κ1) is 18.6. The Bertz CT molecular complexity index is 741. The Hall–Kier alpha value is -2.14. The molecule has 5 heteroatoms. The summed E-state index contributed by atoms with van der Waals surface area (Å²) in [5.41, 5.74) is 0.618. The van der Waals surface area contributed by atoms with Crippen LogP contribution in [0.2, 0.25) is 0 Å². The number of nitrogens with zero attached hydrogens (tertiary/aromatic N) is 1. The molecule has 1 aromatic carbocycles. The maximum Gasteiger partial charge on any atom is 0.222 e. The number of methoxy groups -OCH3 is 1. The number of para-hydroxylation sites is 1. The van der Waals surface area contributed by atoms with Crippen molar-refractivity contribution in [3.8, 4) is 5.75 Å². The van der Waals surface area contributed by atoms with Gasteiger partial charge in [-0.1, -0.05) is 18.2 Å². The van der Waals surface area contributed by atoms with Crippen molar-refractivity contribution in [1.82, 2.24) is 4.90 Å². The molecule has 2 heterocycles. The summed E-state index contributed by atoms with van der Waals surface area (Å²) in [7, 11) is 1.58. The van der Waals surface area contributed by atoms with Crippen molar-refractivity contribution in [2.24, 2.45) is 5.92 Å². The topological polar surface area (TPSA) is 46.6 Å². The number of carbonyl (C=O) groups excluding carboxylic acids is 2. The molecule has 138 valence electrons. The summed E-state index contributed by atoms with van der Waals surface area (Å²) >= 11 is 1.73. The molecule has 0 bridgehead atoms. The predicted octanol–water partition coefficient (Wildman–Crippen LogP) is 4.20. The Balaban J connectivity index is 1.56. The standard InChI is InChI=1S/C21H25NO3S/c1-25-19-11-3-2-10-18(19)21(24)16-7-5-13-22(15-16)20(23)12-4-8-17-9-6-14-26-17/h2-3,6,9-11,14,16H,4-5,7-8,12-13,15H2,1H3. The summed E-state index contributed by atoms with van der Waals surface area (Å²) in [5, 5.41) is 2.07. The molecule has 1 unspecified atom stereocenters. The van der Waals surface area contributed by atoms with E-state index in [-0.39, 0.29) is 17.6 Å². The highest BCUT2D eigenvalue weighted by molar-refractivity contribution is 7.09. The van der Waals surface area contributed by atoms with Gasteiger partial charge in [-0.3, -0.25) is 9.59 Å². The number of piperidine rings is 1. The van der Waals surface area contributed by atoms with Crippen molar-refractivity contribution >= 4 is 23.0 Å². The highest BCUT2D eigenvalue weighted by Gasteiger charge is 2.30. The number of aryl methyl sites for hydroxylation is 1. The van der Waals surface area contributed by atoms with Crippen LogP contribution in [0.3, 0.4) is 0 Å². The number of ether oxygens (including phenoxy) is 1. The van der Waals surface area contributed by atoms with E-state index in [0.29, 0.717) is 24.3 Å². The monoisotopic (exact) mass is 371 g/mol. The van der Waals surface area contributed by atoms with Crippen LogP contribution in [0.1, 0.15) is 40.9 Å². The first-order chi connectivity index (χ1) is 12.7. The molecule has 1 aliphatic rings. The van der Waals surface area contributed by atoms with Gasteiger partial charge in [-0.05, 0) is 49.3 Å². The third-order valence-corrected chi connectivity index (χ3v) is 5.85. The second-order valence-electron chi connectivity index (χ2n) is 6.68. The molecule has 0 spiro atoms. The Labute approximate surface area is 158 Å². The van der Waals surface area contributed by atoms with Crippen molar-refractivity contribution in [1.29, 1.82) is 0 Å². The van der Waals surface area contributed by atoms with Gasteiger partial charge in [0.2, 0.25) is 5.91 Å². The number of thiophene rings is 1. The number of ketones is 1. The van der Waals surface area contributed by atoms with Gasteiger partial charge >= 0.3 is 0 Å². The van der Waals surface area contributed by atoms with Crippen LogP contribution in [-0.4, -0.2) is 36.8 Å². The summed E-state index contributed by atoms with van der Waals surface area (Å²) in [6.45, 7) is 1.28. The van der Waals surface area contributed by atoms with Gasteiger partial charge in [0.25, 0.3) is 0 Å². The van der Waals surface area contributed by atoms with Crippen LogP contribution in [0.5, 0.6) is 5.75 Å². The van der Waals surface area contributed by atoms with Crippen molar-refractivity contribution in [2.45, 2.75) is 32.1 Å². The number of amides is 1. The molecule has 1 atom stereocenters. The second-order valence-corrected chi connectivity index (χ2v) is 7.71. The highest BCUT2D eigenvalue weighted by Crippen LogP contribution is 2.26. The Morgan fingerprint density at radius 3 is 2.85 bits per heavy atom. The molecule has 1 amide bonds. The van der Waals surface area contributed by atoms with E-state index < -0.39 is 0 Å². The lowest BCUT2D eigenvalue weighted by Crippen LogP contribution is -2.42. The van der Waals surface area contributed by atoms with E-state index in [1.54, 1.807) is 18.4 Å². The van der Waals surface area contributed by atoms with E-state index in [4.69, 9.17) is 4.74 Å². The zero-order valence-electron chi connectivity index (χ0n) is 15.1. The average molecular weight is 372 g/mol. The van der Waals surface area contributed by atoms with E-state index in [9.17, 15) is 9.59 Å². The number of hydrogen-bond donors (Lipinski definition) is 0. The van der Waals surface area contributed by atoms with Gasteiger partial charge in [0, 0.05) is 30.3 Å². The predicted molar refractivity (Wildman–Crippen MR) is 104 cm³/mol. The summed E-state index contributed by atoms with van der Waals surface area (Å²) < 4.78 is 5.32. The van der Waals surface area contributed by atoms with Crippen LogP contribution in [0, 0.1) is 5.92 Å². The van der Waals surface area contributed by atoms with Crippen LogP contribution in [0.4, 0.5) is 0 Å². The molecule has 0 N–H and O–H groups in total. The number of Topliss-reactive ketones (excluding diaryl/α,β-unsaturated/α-hetero) is 1. The minimum atomic E-state index is -0.138. The molecule has 0 aliphatic carbocycles. The fourth-order valence-electron chi connectivity index (χ4n) is 3.51. The number of rotatable bonds is 7. The molecule has 3 rings (SSSR count). The van der Waals surface area contributed by atoms with Gasteiger partial charge in [-0.25, -0.2) is 0 Å². The first-order valence-corrected chi connectivity index (χ1v) is 10.0. The van der Waals surface area contributed by atoms with Gasteiger partial charge < -0.3 is 9.64 Å². The summed E-state index contributed by atoms with van der Waals surface area (Å²) in [4.78, 5) is 28.6. The van der Waals surface area contributed by atoms with Crippen LogP contribution < -0.4 is 4.74 Å². The van der Waals surface area contributed by atoms with Gasteiger partial charge in [-0.15, -0.1) is 11.3 Å². The molecule has 4 nitrogen and oxygen atoms in total. The fourth-order valence-corrected chi connectivity index (χ4v) is 4.26. The maximum atomic E-state index is 12.9. The largest absolute Gasteiger partial charge is 0.496 e. The summed E-state index contributed by atoms with van der Waals surface area (Å²) in [6, 6.07) is 11.5. The number of likely N-dealkylation sites (tertiary alicyclic amines) is 1. The van der Waals surface area contributed by atoms with Crippen LogP contribution >= 0.6 is 11.3 Å². The quantitative estimate of drug-likeness (QED) is 0.685. The minimum Gasteiger partial charge on any atom is -0.496 e. The molecule has 1 fully saturated rings. The van der Waals surface area contributed by atoms with Crippen molar-refractivity contribution in [3.63, 3.8) is 0 Å². The number of benzene rings is 1. The van der Waals surface area contributed by atoms with E-state index in [2.05, 4.69) is 11.4 Å². The molecule has 1 saturated heterocycles. The van der Waals surface area contributed by atoms with E-state index in [1.807, 2.05) is 35.2 Å². The lowest BCUT2D eigenvalue weighted by Gasteiger charge is -2.32. The lowest BCUT2D eigenvalue weighted by atomic mass is 9.89. The Morgan fingerprint density at radius 2 is 2.08 bits per heavy atom. The maximum absolute atomic E-state index is 12.9. The average Bonchev–Trinajstić information content (AvgIpc) is 3.21. The Morgan fingerprint density at radius 1 is 1.23 bits per heavy atom. The van der Waals surface area contributed by atoms with Gasteiger partial charge in [0.05, 0.1) is 12.7 Å². The molecule has 1 aliphatic heterocycles. The molecule has 1 aromatic heterocycles. The smallest absolute Gasteiger partial charge is 0.222 e. The number of carbonyl (C=O) groups is 2. The third-order valence-electron chi connectivity index (χ3n) is 4.91. The summed E-state index contributed by atoms with van der Waals surface area (Å²) in [5.74, 6) is 0.718. The normalized spacial score (nSPS) is 17.1. The Kier molecular flexibility index (Phi) is 6.45. The zero-order valence-corrected chi connectivity index (χ0v) is 16.0. The fraction of sp³-hybridized carbons (Fsp3) is 0.429. The zero-order chi connectivity index (χ0) is 18.4. The van der Waals surface area contributed by atoms with E-state index in [0.717, 1.165) is 32.2 Å². The van der Waals surface area contributed by atoms with Gasteiger partial charge in [-0.2, -0.15) is 0 Å². The molecular weight excluding hydrogens is 346 g/mol. The van der Waals surface area contributed by atoms with Crippen molar-refractivity contribution < 1.29 is 14.3 Å². The van der Waals surface area contributed by atoms with Crippen LogP contribution in [0.15, 0.2) is 41.8 Å². The van der Waals surface area contributed by atoms with Crippen molar-refractivity contribution in [3.05, 3.63) is 52.2 Å². The van der Waals surface area contributed by atoms with Crippen LogP contribution in [0.25, 0.3) is 0 Å². The molecule has 26 heavy (non-hydrogen) atoms. The van der Waals surface area contributed by atoms with E-state index >= 15 is 0 Å². The van der Waals surface area contributed by atoms with Gasteiger partial charge in [0.15, 0.2) is 5.78 Å². The third kappa shape index (κ3) is 4.52.